The Hall–Kier alpha value is -1.83. The van der Waals surface area contributed by atoms with Gasteiger partial charge >= 0.3 is 0 Å². The first-order valence-corrected chi connectivity index (χ1v) is 4.03. The van der Waals surface area contributed by atoms with Crippen LogP contribution in [-0.2, 0) is 0 Å². The monoisotopic (exact) mass is 171 g/mol. The topological polar surface area (TPSA) is 26.0 Å². The second-order valence-electron chi connectivity index (χ2n) is 2.65. The van der Waals surface area contributed by atoms with Gasteiger partial charge in [-0.2, -0.15) is 0 Å². The molecule has 13 heavy (non-hydrogen) atoms. The molecule has 0 aliphatic rings. The first-order valence-electron chi connectivity index (χ1n) is 4.03. The lowest BCUT2D eigenvalue weighted by atomic mass is 10.2. The number of nitrogens with zero attached hydrogens (tertiary/aromatic N) is 1. The Morgan fingerprint density at radius 1 is 1.31 bits per heavy atom. The number of furan rings is 1. The van der Waals surface area contributed by atoms with E-state index in [9.17, 15) is 0 Å². The van der Waals surface area contributed by atoms with Gasteiger partial charge in [-0.15, -0.1) is 0 Å². The van der Waals surface area contributed by atoms with Crippen molar-refractivity contribution >= 4 is 6.08 Å². The van der Waals surface area contributed by atoms with E-state index in [0.29, 0.717) is 0 Å². The van der Waals surface area contributed by atoms with Gasteiger partial charge in [-0.1, -0.05) is 6.58 Å². The molecule has 0 atom stereocenters. The molecule has 0 aromatic carbocycles. The van der Waals surface area contributed by atoms with E-state index in [1.165, 1.54) is 0 Å². The van der Waals surface area contributed by atoms with Crippen LogP contribution in [-0.4, -0.2) is 4.98 Å². The predicted molar refractivity (Wildman–Crippen MR) is 52.0 cm³/mol. The highest BCUT2D eigenvalue weighted by atomic mass is 16.3. The highest BCUT2D eigenvalue weighted by molar-refractivity contribution is 5.58. The maximum Gasteiger partial charge on any atom is 0.136 e. The first-order chi connectivity index (χ1) is 6.40. The molecule has 0 spiro atoms. The Balaban J connectivity index is 2.41. The zero-order valence-electron chi connectivity index (χ0n) is 7.10. The molecular weight excluding hydrogens is 162 g/mol. The number of rotatable bonds is 2. The molecule has 0 amide bonds. The standard InChI is InChI=1S/C11H9NO/c1-2-10-5-6-11(13-10)9-4-3-7-12-8-9/h2-8H,1H2. The minimum Gasteiger partial charge on any atom is -0.457 e. The normalized spacial score (nSPS) is 9.85. The largest absolute Gasteiger partial charge is 0.457 e. The Bertz CT molecular complexity index is 403. The lowest BCUT2D eigenvalue weighted by molar-refractivity contribution is 0.571. The van der Waals surface area contributed by atoms with Gasteiger partial charge in [-0.05, 0) is 30.3 Å². The van der Waals surface area contributed by atoms with E-state index in [0.717, 1.165) is 17.1 Å². The summed E-state index contributed by atoms with van der Waals surface area (Å²) in [6.07, 6.45) is 5.19. The molecule has 0 fully saturated rings. The molecule has 2 heterocycles. The molecule has 2 heteroatoms. The van der Waals surface area contributed by atoms with Gasteiger partial charge in [0, 0.05) is 18.0 Å². The van der Waals surface area contributed by atoms with Crippen molar-refractivity contribution in [1.29, 1.82) is 0 Å². The van der Waals surface area contributed by atoms with Crippen molar-refractivity contribution in [1.82, 2.24) is 4.98 Å². The van der Waals surface area contributed by atoms with Gasteiger partial charge < -0.3 is 4.42 Å². The molecule has 2 aromatic rings. The summed E-state index contributed by atoms with van der Waals surface area (Å²) in [4.78, 5) is 4.01. The van der Waals surface area contributed by atoms with Gasteiger partial charge in [0.15, 0.2) is 0 Å². The van der Waals surface area contributed by atoms with Crippen molar-refractivity contribution in [3.63, 3.8) is 0 Å². The minimum atomic E-state index is 0.777. The van der Waals surface area contributed by atoms with Gasteiger partial charge in [0.25, 0.3) is 0 Å². The van der Waals surface area contributed by atoms with Gasteiger partial charge in [0.05, 0.1) is 0 Å². The number of pyridine rings is 1. The molecule has 0 aliphatic carbocycles. The zero-order valence-corrected chi connectivity index (χ0v) is 7.10. The summed E-state index contributed by atoms with van der Waals surface area (Å²) >= 11 is 0. The molecule has 0 aliphatic heterocycles. The third kappa shape index (κ3) is 1.51. The van der Waals surface area contributed by atoms with Crippen LogP contribution in [0, 0.1) is 0 Å². The summed E-state index contributed by atoms with van der Waals surface area (Å²) in [7, 11) is 0. The fourth-order valence-corrected chi connectivity index (χ4v) is 1.13. The van der Waals surface area contributed by atoms with Crippen LogP contribution in [0.2, 0.25) is 0 Å². The fourth-order valence-electron chi connectivity index (χ4n) is 1.13. The molecule has 2 nitrogen and oxygen atoms in total. The number of hydrogen-bond acceptors (Lipinski definition) is 2. The van der Waals surface area contributed by atoms with E-state index in [4.69, 9.17) is 4.42 Å². The summed E-state index contributed by atoms with van der Waals surface area (Å²) in [5.41, 5.74) is 0.982. The molecule has 0 N–H and O–H groups in total. The van der Waals surface area contributed by atoms with E-state index in [1.54, 1.807) is 18.5 Å². The molecule has 2 rings (SSSR count). The maximum atomic E-state index is 5.46. The predicted octanol–water partition coefficient (Wildman–Crippen LogP) is 2.98. The molecule has 2 aromatic heterocycles. The van der Waals surface area contributed by atoms with Crippen LogP contribution in [0.3, 0.4) is 0 Å². The van der Waals surface area contributed by atoms with Crippen molar-refractivity contribution in [2.24, 2.45) is 0 Å². The SMILES string of the molecule is C=Cc1ccc(-c2cccnc2)o1. The smallest absolute Gasteiger partial charge is 0.136 e. The molecule has 0 saturated heterocycles. The highest BCUT2D eigenvalue weighted by Gasteiger charge is 2.01. The Kier molecular flexibility index (Phi) is 1.96. The summed E-state index contributed by atoms with van der Waals surface area (Å²) in [5.74, 6) is 1.60. The van der Waals surface area contributed by atoms with E-state index in [2.05, 4.69) is 11.6 Å². The second-order valence-corrected chi connectivity index (χ2v) is 2.65. The van der Waals surface area contributed by atoms with Crippen molar-refractivity contribution in [3.05, 3.63) is 49.0 Å². The average Bonchev–Trinajstić information content (AvgIpc) is 2.67. The van der Waals surface area contributed by atoms with E-state index < -0.39 is 0 Å². The molecule has 64 valence electrons. The van der Waals surface area contributed by atoms with Crippen LogP contribution < -0.4 is 0 Å². The van der Waals surface area contributed by atoms with Gasteiger partial charge in [0.2, 0.25) is 0 Å². The Labute approximate surface area is 76.5 Å². The third-order valence-electron chi connectivity index (χ3n) is 1.77. The zero-order chi connectivity index (χ0) is 9.10. The van der Waals surface area contributed by atoms with Gasteiger partial charge in [-0.3, -0.25) is 4.98 Å². The summed E-state index contributed by atoms with van der Waals surface area (Å²) in [6.45, 7) is 3.63. The van der Waals surface area contributed by atoms with Crippen LogP contribution in [0.4, 0.5) is 0 Å². The molecule has 0 bridgehead atoms. The average molecular weight is 171 g/mol. The summed E-state index contributed by atoms with van der Waals surface area (Å²) < 4.78 is 5.46. The van der Waals surface area contributed by atoms with Crippen molar-refractivity contribution in [2.75, 3.05) is 0 Å². The highest BCUT2D eigenvalue weighted by Crippen LogP contribution is 2.21. The van der Waals surface area contributed by atoms with Crippen molar-refractivity contribution < 1.29 is 4.42 Å². The molecule has 0 unspecified atom stereocenters. The van der Waals surface area contributed by atoms with Crippen LogP contribution in [0.25, 0.3) is 17.4 Å². The minimum absolute atomic E-state index is 0.777. The van der Waals surface area contributed by atoms with Crippen LogP contribution in [0.5, 0.6) is 0 Å². The number of aromatic nitrogens is 1. The van der Waals surface area contributed by atoms with Crippen LogP contribution in [0.1, 0.15) is 5.76 Å². The lowest BCUT2D eigenvalue weighted by Crippen LogP contribution is -1.73. The Morgan fingerprint density at radius 2 is 2.23 bits per heavy atom. The first kappa shape index (κ1) is 7.80. The second kappa shape index (κ2) is 3.27. The fraction of sp³-hybridized carbons (Fsp3) is 0. The van der Waals surface area contributed by atoms with Crippen LogP contribution in [0.15, 0.2) is 47.7 Å². The van der Waals surface area contributed by atoms with Crippen molar-refractivity contribution in [3.8, 4) is 11.3 Å². The third-order valence-corrected chi connectivity index (χ3v) is 1.77. The summed E-state index contributed by atoms with van der Waals surface area (Å²) in [5, 5.41) is 0. The van der Waals surface area contributed by atoms with Crippen LogP contribution >= 0.6 is 0 Å². The van der Waals surface area contributed by atoms with E-state index in [1.807, 2.05) is 24.3 Å². The molecular formula is C11H9NO. The van der Waals surface area contributed by atoms with Gasteiger partial charge in [-0.25, -0.2) is 0 Å². The van der Waals surface area contributed by atoms with E-state index in [-0.39, 0.29) is 0 Å². The maximum absolute atomic E-state index is 5.46. The van der Waals surface area contributed by atoms with Crippen molar-refractivity contribution in [2.45, 2.75) is 0 Å². The Morgan fingerprint density at radius 3 is 2.85 bits per heavy atom. The molecule has 0 radical (unpaired) electrons. The number of hydrogen-bond donors (Lipinski definition) is 0. The quantitative estimate of drug-likeness (QED) is 0.694. The molecule has 0 saturated carbocycles. The lowest BCUT2D eigenvalue weighted by Gasteiger charge is -1.93. The van der Waals surface area contributed by atoms with E-state index >= 15 is 0 Å². The summed E-state index contributed by atoms with van der Waals surface area (Å²) in [6, 6.07) is 7.63. The van der Waals surface area contributed by atoms with Gasteiger partial charge in [0.1, 0.15) is 11.5 Å².